The highest BCUT2D eigenvalue weighted by atomic mass is 16.5. The molecular formula is C32H34N2O4. The number of fused-ring (bicyclic) bond motifs is 1. The Labute approximate surface area is 224 Å². The molecule has 1 aliphatic carbocycles. The third-order valence-electron chi connectivity index (χ3n) is 7.11. The first-order chi connectivity index (χ1) is 18.3. The van der Waals surface area contributed by atoms with Crippen LogP contribution >= 0.6 is 0 Å². The number of nitrogens with zero attached hydrogens (tertiary/aromatic N) is 1. The summed E-state index contributed by atoms with van der Waals surface area (Å²) >= 11 is 0. The fourth-order valence-corrected chi connectivity index (χ4v) is 5.43. The third-order valence-corrected chi connectivity index (χ3v) is 7.11. The normalized spacial score (nSPS) is 18.2. The first-order valence-electron chi connectivity index (χ1n) is 13.1. The van der Waals surface area contributed by atoms with Crippen molar-refractivity contribution in [3.63, 3.8) is 0 Å². The molecule has 1 amide bonds. The van der Waals surface area contributed by atoms with E-state index in [1.807, 2.05) is 79.7 Å². The van der Waals surface area contributed by atoms with Crippen LogP contribution in [0.25, 0.3) is 0 Å². The molecule has 0 aromatic heterocycles. The van der Waals surface area contributed by atoms with Crippen LogP contribution in [-0.2, 0) is 4.79 Å². The van der Waals surface area contributed by atoms with Crippen molar-refractivity contribution in [1.82, 2.24) is 0 Å². The quantitative estimate of drug-likeness (QED) is 0.389. The number of hydrogen-bond acceptors (Lipinski definition) is 5. The summed E-state index contributed by atoms with van der Waals surface area (Å²) in [5.41, 5.74) is 4.13. The number of nitrogens with one attached hydrogen (secondary N) is 1. The highest BCUT2D eigenvalue weighted by molar-refractivity contribution is 6.12. The molecule has 0 bridgehead atoms. The molecule has 1 unspecified atom stereocenters. The van der Waals surface area contributed by atoms with Crippen molar-refractivity contribution in [2.45, 2.75) is 46.1 Å². The molecule has 0 radical (unpaired) electrons. The zero-order chi connectivity index (χ0) is 26.9. The Morgan fingerprint density at radius 2 is 1.74 bits per heavy atom. The van der Waals surface area contributed by atoms with Crippen molar-refractivity contribution in [3.8, 4) is 11.5 Å². The van der Waals surface area contributed by atoms with E-state index >= 15 is 0 Å². The average molecular weight is 511 g/mol. The number of Topliss-reactive ketones (excluding diaryl/α,β-unsaturated/α-hetero) is 1. The predicted molar refractivity (Wildman–Crippen MR) is 150 cm³/mol. The van der Waals surface area contributed by atoms with Crippen molar-refractivity contribution in [2.24, 2.45) is 5.41 Å². The number of ketones is 1. The molecule has 38 heavy (non-hydrogen) atoms. The predicted octanol–water partition coefficient (Wildman–Crippen LogP) is 6.94. The van der Waals surface area contributed by atoms with E-state index in [0.717, 1.165) is 29.1 Å². The van der Waals surface area contributed by atoms with Gasteiger partial charge in [0.25, 0.3) is 5.91 Å². The number of para-hydroxylation sites is 2. The lowest BCUT2D eigenvalue weighted by atomic mass is 9.73. The molecule has 0 spiro atoms. The highest BCUT2D eigenvalue weighted by Crippen LogP contribution is 2.49. The molecule has 2 aliphatic rings. The minimum atomic E-state index is -0.647. The second-order valence-electron chi connectivity index (χ2n) is 10.7. The smallest absolute Gasteiger partial charge is 0.259 e. The van der Waals surface area contributed by atoms with Crippen molar-refractivity contribution in [1.29, 1.82) is 0 Å². The Hall–Kier alpha value is -4.06. The number of rotatable bonds is 6. The van der Waals surface area contributed by atoms with Crippen molar-refractivity contribution in [2.75, 3.05) is 23.9 Å². The van der Waals surface area contributed by atoms with E-state index < -0.39 is 6.04 Å². The number of hydrogen-bond donors (Lipinski definition) is 1. The van der Waals surface area contributed by atoms with Gasteiger partial charge in [-0.2, -0.15) is 0 Å². The molecule has 3 aromatic carbocycles. The molecule has 0 saturated carbocycles. The van der Waals surface area contributed by atoms with E-state index in [4.69, 9.17) is 9.47 Å². The number of methoxy groups -OCH3 is 1. The summed E-state index contributed by atoms with van der Waals surface area (Å²) in [7, 11) is 1.60. The van der Waals surface area contributed by atoms with Crippen LogP contribution in [0.4, 0.5) is 11.4 Å². The molecule has 1 heterocycles. The van der Waals surface area contributed by atoms with Gasteiger partial charge in [0.2, 0.25) is 0 Å². The van der Waals surface area contributed by atoms with Crippen molar-refractivity contribution < 1.29 is 19.1 Å². The Balaban J connectivity index is 1.76. The minimum Gasteiger partial charge on any atom is -0.493 e. The second-order valence-corrected chi connectivity index (χ2v) is 10.7. The fraction of sp³-hybridized carbons (Fsp3) is 0.312. The number of carbonyl (C=O) groups excluding carboxylic acids is 2. The van der Waals surface area contributed by atoms with Gasteiger partial charge in [0.1, 0.15) is 0 Å². The van der Waals surface area contributed by atoms with Crippen LogP contribution in [0, 0.1) is 5.41 Å². The Kier molecular flexibility index (Phi) is 6.98. The van der Waals surface area contributed by atoms with Crippen molar-refractivity contribution >= 4 is 23.1 Å². The summed E-state index contributed by atoms with van der Waals surface area (Å²) in [5, 5.41) is 3.56. The summed E-state index contributed by atoms with van der Waals surface area (Å²) < 4.78 is 11.6. The molecule has 0 fully saturated rings. The standard InChI is InChI=1S/C32H34N2O4/c1-5-17-38-27-16-15-22(18-28(27)37-4)30-29-24(19-32(2,3)20-26(29)35)33-23-13-9-10-14-25(23)34(30)31(36)21-11-7-6-8-12-21/h6-16,18,30,33H,5,17,19-20H2,1-4H3. The third kappa shape index (κ3) is 4.78. The van der Waals surface area contributed by atoms with E-state index in [-0.39, 0.29) is 17.1 Å². The fourth-order valence-electron chi connectivity index (χ4n) is 5.43. The van der Waals surface area contributed by atoms with Gasteiger partial charge in [0.05, 0.1) is 31.1 Å². The lowest BCUT2D eigenvalue weighted by molar-refractivity contribution is -0.118. The zero-order valence-corrected chi connectivity index (χ0v) is 22.4. The number of allylic oxidation sites excluding steroid dienone is 1. The average Bonchev–Trinajstić information content (AvgIpc) is 3.05. The molecule has 196 valence electrons. The van der Waals surface area contributed by atoms with E-state index in [0.29, 0.717) is 42.1 Å². The number of carbonyl (C=O) groups is 2. The second kappa shape index (κ2) is 10.4. The van der Waals surface area contributed by atoms with Gasteiger partial charge < -0.3 is 14.8 Å². The van der Waals surface area contributed by atoms with Gasteiger partial charge in [-0.05, 0) is 60.2 Å². The van der Waals surface area contributed by atoms with E-state index in [9.17, 15) is 9.59 Å². The van der Waals surface area contributed by atoms with Crippen LogP contribution in [0.2, 0.25) is 0 Å². The summed E-state index contributed by atoms with van der Waals surface area (Å²) in [4.78, 5) is 29.9. The zero-order valence-electron chi connectivity index (χ0n) is 22.4. The molecule has 5 rings (SSSR count). The summed E-state index contributed by atoms with van der Waals surface area (Å²) in [6.45, 7) is 6.84. The molecule has 6 nitrogen and oxygen atoms in total. The van der Waals surface area contributed by atoms with Crippen molar-refractivity contribution in [3.05, 3.63) is 95.2 Å². The largest absolute Gasteiger partial charge is 0.493 e. The molecule has 6 heteroatoms. The lowest BCUT2D eigenvalue weighted by Gasteiger charge is -2.37. The van der Waals surface area contributed by atoms with Gasteiger partial charge in [0, 0.05) is 23.3 Å². The van der Waals surface area contributed by atoms with Crippen LogP contribution in [0.1, 0.15) is 62.0 Å². The SMILES string of the molecule is CCCOc1ccc(C2C3=C(CC(C)(C)CC3=O)Nc3ccccc3N2C(=O)c2ccccc2)cc1OC. The van der Waals surface area contributed by atoms with Crippen LogP contribution in [0.5, 0.6) is 11.5 Å². The highest BCUT2D eigenvalue weighted by Gasteiger charge is 2.43. The number of anilines is 2. The van der Waals surface area contributed by atoms with Gasteiger partial charge in [-0.1, -0.05) is 57.2 Å². The maximum absolute atomic E-state index is 14.3. The first-order valence-corrected chi connectivity index (χ1v) is 13.1. The monoisotopic (exact) mass is 510 g/mol. The lowest BCUT2D eigenvalue weighted by Crippen LogP contribution is -2.39. The summed E-state index contributed by atoms with van der Waals surface area (Å²) in [6.07, 6.45) is 1.97. The van der Waals surface area contributed by atoms with E-state index in [2.05, 4.69) is 19.2 Å². The van der Waals surface area contributed by atoms with E-state index in [1.54, 1.807) is 12.0 Å². The number of benzene rings is 3. The molecule has 3 aromatic rings. The number of ether oxygens (including phenoxy) is 2. The van der Waals surface area contributed by atoms with Crippen LogP contribution in [0.15, 0.2) is 84.1 Å². The van der Waals surface area contributed by atoms with Gasteiger partial charge >= 0.3 is 0 Å². The maximum Gasteiger partial charge on any atom is 0.259 e. The Morgan fingerprint density at radius 3 is 2.47 bits per heavy atom. The van der Waals surface area contributed by atoms with Gasteiger partial charge in [-0.3, -0.25) is 14.5 Å². The Bertz CT molecular complexity index is 1390. The first kappa shape index (κ1) is 25.6. The van der Waals surface area contributed by atoms with E-state index in [1.165, 1.54) is 0 Å². The molecule has 1 aliphatic heterocycles. The van der Waals surface area contributed by atoms with Crippen LogP contribution in [-0.4, -0.2) is 25.4 Å². The molecule has 1 N–H and O–H groups in total. The van der Waals surface area contributed by atoms with Gasteiger partial charge in [-0.25, -0.2) is 0 Å². The molecule has 1 atom stereocenters. The van der Waals surface area contributed by atoms with Gasteiger partial charge in [-0.15, -0.1) is 0 Å². The maximum atomic E-state index is 14.3. The summed E-state index contributed by atoms with van der Waals surface area (Å²) in [5.74, 6) is 1.06. The summed E-state index contributed by atoms with van der Waals surface area (Å²) in [6, 6.07) is 22.0. The van der Waals surface area contributed by atoms with Crippen LogP contribution in [0.3, 0.4) is 0 Å². The van der Waals surface area contributed by atoms with Crippen LogP contribution < -0.4 is 19.7 Å². The minimum absolute atomic E-state index is 0.0395. The topological polar surface area (TPSA) is 67.9 Å². The molecular weight excluding hydrogens is 476 g/mol. The molecule has 0 saturated heterocycles. The Morgan fingerprint density at radius 1 is 1.00 bits per heavy atom. The number of amides is 1. The van der Waals surface area contributed by atoms with Gasteiger partial charge in [0.15, 0.2) is 17.3 Å².